The second kappa shape index (κ2) is 16.5. The first-order chi connectivity index (χ1) is 15.9. The van der Waals surface area contributed by atoms with Crippen molar-refractivity contribution in [2.75, 3.05) is 18.6 Å². The highest BCUT2D eigenvalue weighted by atomic mass is 32.2. The van der Waals surface area contributed by atoms with E-state index in [2.05, 4.69) is 20.9 Å². The fourth-order valence-electron chi connectivity index (χ4n) is 2.61. The average Bonchev–Trinajstić information content (AvgIpc) is 2.75. The first kappa shape index (κ1) is 30.9. The Labute approximate surface area is 201 Å². The van der Waals surface area contributed by atoms with E-state index in [-0.39, 0.29) is 38.2 Å². The number of nitrogens with two attached hydrogens (primary N) is 3. The summed E-state index contributed by atoms with van der Waals surface area (Å²) in [5, 5.41) is 25.1. The van der Waals surface area contributed by atoms with Crippen molar-refractivity contribution < 1.29 is 34.2 Å². The number of carboxylic acids is 2. The first-order valence-electron chi connectivity index (χ1n) is 10.5. The molecule has 0 fully saturated rings. The summed E-state index contributed by atoms with van der Waals surface area (Å²) in [6, 6.07) is -4.47. The third-order valence-corrected chi connectivity index (χ3v) is 5.20. The number of hydrogen-bond donors (Lipinski definition) is 8. The van der Waals surface area contributed by atoms with Crippen molar-refractivity contribution in [2.24, 2.45) is 22.2 Å². The molecule has 4 unspecified atom stereocenters. The van der Waals surface area contributed by atoms with Gasteiger partial charge >= 0.3 is 11.9 Å². The van der Waals surface area contributed by atoms with Gasteiger partial charge in [0.2, 0.25) is 17.7 Å². The second-order valence-corrected chi connectivity index (χ2v) is 8.45. The van der Waals surface area contributed by atoms with E-state index in [4.69, 9.17) is 27.4 Å². The zero-order valence-corrected chi connectivity index (χ0v) is 20.1. The zero-order chi connectivity index (χ0) is 26.3. The molecular weight excluding hydrogens is 470 g/mol. The van der Waals surface area contributed by atoms with Crippen LogP contribution in [-0.2, 0) is 24.0 Å². The predicted octanol–water partition coefficient (Wildman–Crippen LogP) is -2.46. The van der Waals surface area contributed by atoms with Crippen molar-refractivity contribution in [2.45, 2.75) is 63.2 Å². The van der Waals surface area contributed by atoms with Crippen LogP contribution < -0.4 is 33.2 Å². The molecule has 0 saturated carbocycles. The number of guanidine groups is 1. The standard InChI is InChI=1S/C19H35N7O7S/c1-10(18(32)33)24-16(30)12(4-3-8-23-19(21)22)26-17(31)13(7-9-34-2)25-15(29)11(20)5-6-14(27)28/h10-13H,3-9,20H2,1-2H3,(H,24,30)(H,25,29)(H,26,31)(H,27,28)(H,32,33)(H4,21,22,23). The average molecular weight is 506 g/mol. The lowest BCUT2D eigenvalue weighted by Gasteiger charge is -2.24. The van der Waals surface area contributed by atoms with Gasteiger partial charge in [-0.05, 0) is 44.6 Å². The minimum atomic E-state index is -1.25. The van der Waals surface area contributed by atoms with Gasteiger partial charge < -0.3 is 43.4 Å². The molecule has 15 heteroatoms. The topological polar surface area (TPSA) is 252 Å². The third-order valence-electron chi connectivity index (χ3n) is 4.56. The molecule has 0 aliphatic heterocycles. The smallest absolute Gasteiger partial charge is 0.325 e. The third kappa shape index (κ3) is 13.5. The van der Waals surface area contributed by atoms with Gasteiger partial charge in [-0.25, -0.2) is 0 Å². The highest BCUT2D eigenvalue weighted by molar-refractivity contribution is 7.98. The van der Waals surface area contributed by atoms with Gasteiger partial charge in [-0.15, -0.1) is 0 Å². The Morgan fingerprint density at radius 2 is 1.47 bits per heavy atom. The Hall–Kier alpha value is -3.07. The summed E-state index contributed by atoms with van der Waals surface area (Å²) in [7, 11) is 0. The van der Waals surface area contributed by atoms with Gasteiger partial charge in [0.25, 0.3) is 0 Å². The van der Waals surface area contributed by atoms with Crippen LogP contribution >= 0.6 is 11.8 Å². The van der Waals surface area contributed by atoms with Gasteiger partial charge in [0.05, 0.1) is 6.04 Å². The van der Waals surface area contributed by atoms with E-state index >= 15 is 0 Å². The van der Waals surface area contributed by atoms with Gasteiger partial charge in [0.1, 0.15) is 18.1 Å². The van der Waals surface area contributed by atoms with Gasteiger partial charge in [-0.1, -0.05) is 0 Å². The Morgan fingerprint density at radius 1 is 0.912 bits per heavy atom. The molecule has 3 amide bonds. The number of aliphatic imine (C=N–C) groups is 1. The highest BCUT2D eigenvalue weighted by Crippen LogP contribution is 2.06. The quantitative estimate of drug-likeness (QED) is 0.0584. The van der Waals surface area contributed by atoms with Gasteiger partial charge in [0.15, 0.2) is 5.96 Å². The van der Waals surface area contributed by atoms with Crippen LogP contribution in [0, 0.1) is 0 Å². The molecule has 0 aliphatic carbocycles. The monoisotopic (exact) mass is 505 g/mol. The van der Waals surface area contributed by atoms with Crippen molar-refractivity contribution in [3.63, 3.8) is 0 Å². The molecular formula is C19H35N7O7S. The number of nitrogens with one attached hydrogen (secondary N) is 3. The fraction of sp³-hybridized carbons (Fsp3) is 0.684. The predicted molar refractivity (Wildman–Crippen MR) is 127 cm³/mol. The maximum Gasteiger partial charge on any atom is 0.325 e. The summed E-state index contributed by atoms with van der Waals surface area (Å²) in [4.78, 5) is 63.4. The lowest BCUT2D eigenvalue weighted by molar-refractivity contribution is -0.142. The van der Waals surface area contributed by atoms with Gasteiger partial charge in [-0.3, -0.25) is 29.0 Å². The number of aliphatic carboxylic acids is 2. The lowest BCUT2D eigenvalue weighted by atomic mass is 10.1. The Bertz CT molecular complexity index is 747. The molecule has 0 saturated heterocycles. The molecule has 0 bridgehead atoms. The normalized spacial score (nSPS) is 14.1. The number of carbonyl (C=O) groups excluding carboxylic acids is 3. The zero-order valence-electron chi connectivity index (χ0n) is 19.3. The minimum absolute atomic E-state index is 0.0992. The number of carbonyl (C=O) groups is 5. The molecule has 0 aromatic rings. The van der Waals surface area contributed by atoms with Gasteiger partial charge in [0, 0.05) is 13.0 Å². The molecule has 34 heavy (non-hydrogen) atoms. The van der Waals surface area contributed by atoms with E-state index < -0.39 is 53.8 Å². The van der Waals surface area contributed by atoms with Crippen LogP contribution in [0.15, 0.2) is 4.99 Å². The van der Waals surface area contributed by atoms with E-state index in [1.807, 2.05) is 6.26 Å². The summed E-state index contributed by atoms with van der Waals surface area (Å²) < 4.78 is 0. The molecule has 14 nitrogen and oxygen atoms in total. The molecule has 194 valence electrons. The van der Waals surface area contributed by atoms with Crippen LogP contribution in [0.25, 0.3) is 0 Å². The van der Waals surface area contributed by atoms with Crippen molar-refractivity contribution in [3.8, 4) is 0 Å². The largest absolute Gasteiger partial charge is 0.481 e. The van der Waals surface area contributed by atoms with E-state index in [1.54, 1.807) is 0 Å². The maximum atomic E-state index is 12.9. The molecule has 0 aromatic heterocycles. The maximum absolute atomic E-state index is 12.9. The summed E-state index contributed by atoms with van der Waals surface area (Å²) in [6.07, 6.45) is 2.01. The van der Waals surface area contributed by atoms with Crippen LogP contribution in [0.3, 0.4) is 0 Å². The van der Waals surface area contributed by atoms with E-state index in [0.717, 1.165) is 0 Å². The Balaban J connectivity index is 5.38. The van der Waals surface area contributed by atoms with Crippen LogP contribution in [-0.4, -0.2) is 88.6 Å². The van der Waals surface area contributed by atoms with Crippen LogP contribution in [0.1, 0.15) is 39.0 Å². The van der Waals surface area contributed by atoms with Crippen molar-refractivity contribution in [3.05, 3.63) is 0 Å². The Morgan fingerprint density at radius 3 is 2.00 bits per heavy atom. The summed E-state index contributed by atoms with van der Waals surface area (Å²) >= 11 is 1.43. The highest BCUT2D eigenvalue weighted by Gasteiger charge is 2.29. The second-order valence-electron chi connectivity index (χ2n) is 7.46. The fourth-order valence-corrected chi connectivity index (χ4v) is 3.09. The van der Waals surface area contributed by atoms with Crippen LogP contribution in [0.4, 0.5) is 0 Å². The van der Waals surface area contributed by atoms with Crippen molar-refractivity contribution in [1.82, 2.24) is 16.0 Å². The molecule has 0 aliphatic rings. The molecule has 0 rings (SSSR count). The minimum Gasteiger partial charge on any atom is -0.481 e. The van der Waals surface area contributed by atoms with E-state index in [0.29, 0.717) is 12.2 Å². The van der Waals surface area contributed by atoms with Crippen LogP contribution in [0.2, 0.25) is 0 Å². The first-order valence-corrected chi connectivity index (χ1v) is 11.9. The summed E-state index contributed by atoms with van der Waals surface area (Å²) in [5.74, 6) is -4.08. The molecule has 0 radical (unpaired) electrons. The molecule has 0 spiro atoms. The van der Waals surface area contributed by atoms with Crippen LogP contribution in [0.5, 0.6) is 0 Å². The van der Waals surface area contributed by atoms with Crippen molar-refractivity contribution in [1.29, 1.82) is 0 Å². The molecule has 0 aromatic carbocycles. The van der Waals surface area contributed by atoms with Gasteiger partial charge in [-0.2, -0.15) is 11.8 Å². The number of hydrogen-bond acceptors (Lipinski definition) is 8. The van der Waals surface area contributed by atoms with E-state index in [9.17, 15) is 24.0 Å². The molecule has 11 N–H and O–H groups in total. The number of carboxylic acid groups (broad SMARTS) is 2. The lowest BCUT2D eigenvalue weighted by Crippen LogP contribution is -2.57. The molecule has 0 heterocycles. The number of thioether (sulfide) groups is 1. The number of amides is 3. The Kier molecular flexibility index (Phi) is 15.0. The number of rotatable bonds is 17. The number of nitrogens with zero attached hydrogens (tertiary/aromatic N) is 1. The SMILES string of the molecule is CSCCC(NC(=O)C(N)CCC(=O)O)C(=O)NC(CCCN=C(N)N)C(=O)NC(C)C(=O)O. The van der Waals surface area contributed by atoms with Crippen molar-refractivity contribution >= 4 is 47.4 Å². The molecule has 4 atom stereocenters. The summed E-state index contributed by atoms with van der Waals surface area (Å²) in [6.45, 7) is 1.46. The summed E-state index contributed by atoms with van der Waals surface area (Å²) in [5.41, 5.74) is 16.3. The van der Waals surface area contributed by atoms with E-state index in [1.165, 1.54) is 18.7 Å².